The molecule has 0 radical (unpaired) electrons. The van der Waals surface area contributed by atoms with E-state index >= 15 is 0 Å². The molecule has 1 saturated heterocycles. The van der Waals surface area contributed by atoms with Gasteiger partial charge in [-0.25, -0.2) is 9.97 Å². The van der Waals surface area contributed by atoms with Gasteiger partial charge >= 0.3 is 0 Å². The maximum absolute atomic E-state index is 5.71. The van der Waals surface area contributed by atoms with Crippen molar-refractivity contribution in [3.05, 3.63) is 10.8 Å². The van der Waals surface area contributed by atoms with Gasteiger partial charge in [0.2, 0.25) is 0 Å². The Balaban J connectivity index is 2.12. The van der Waals surface area contributed by atoms with Crippen LogP contribution in [0.5, 0.6) is 0 Å². The number of nitrogen functional groups attached to an aromatic ring is 1. The highest BCUT2D eigenvalue weighted by molar-refractivity contribution is 9.10. The monoisotopic (exact) mass is 270 g/mol. The average Bonchev–Trinajstić information content (AvgIpc) is 2.23. The van der Waals surface area contributed by atoms with Gasteiger partial charge in [-0.05, 0) is 34.7 Å². The lowest BCUT2D eigenvalue weighted by molar-refractivity contribution is 0.436. The number of anilines is 2. The number of nitrogens with two attached hydrogens (primary N) is 1. The molecule has 1 aromatic rings. The van der Waals surface area contributed by atoms with Crippen LogP contribution in [0.25, 0.3) is 0 Å². The van der Waals surface area contributed by atoms with Crippen molar-refractivity contribution in [2.75, 3.05) is 23.7 Å². The molecule has 2 rings (SSSR count). The molecule has 4 nitrogen and oxygen atoms in total. The molecule has 2 N–H and O–H groups in total. The third kappa shape index (κ3) is 2.40. The molecule has 0 atom stereocenters. The van der Waals surface area contributed by atoms with Crippen LogP contribution in [-0.2, 0) is 0 Å². The zero-order valence-corrected chi connectivity index (χ0v) is 10.4. The van der Waals surface area contributed by atoms with Gasteiger partial charge in [0.05, 0.1) is 6.20 Å². The number of aromatic nitrogens is 2. The third-order valence-electron chi connectivity index (χ3n) is 2.85. The van der Waals surface area contributed by atoms with Gasteiger partial charge in [-0.15, -0.1) is 0 Å². The molecular formula is C10H15BrN4. The lowest BCUT2D eigenvalue weighted by atomic mass is 9.99. The lowest BCUT2D eigenvalue weighted by Crippen LogP contribution is -2.33. The first-order valence-electron chi connectivity index (χ1n) is 5.20. The maximum Gasteiger partial charge on any atom is 0.159 e. The number of hydrogen-bond donors (Lipinski definition) is 1. The Morgan fingerprint density at radius 3 is 2.73 bits per heavy atom. The first-order valence-corrected chi connectivity index (χ1v) is 5.99. The Kier molecular flexibility index (Phi) is 3.09. The van der Waals surface area contributed by atoms with E-state index in [1.165, 1.54) is 12.8 Å². The molecule has 5 heteroatoms. The van der Waals surface area contributed by atoms with Crippen LogP contribution in [0.4, 0.5) is 11.6 Å². The van der Waals surface area contributed by atoms with E-state index in [4.69, 9.17) is 5.73 Å². The van der Waals surface area contributed by atoms with Gasteiger partial charge in [-0.3, -0.25) is 0 Å². The summed E-state index contributed by atoms with van der Waals surface area (Å²) in [6, 6.07) is 0. The molecule has 0 aromatic carbocycles. The molecule has 1 fully saturated rings. The predicted molar refractivity (Wildman–Crippen MR) is 64.8 cm³/mol. The van der Waals surface area contributed by atoms with Crippen LogP contribution in [0, 0.1) is 5.92 Å². The van der Waals surface area contributed by atoms with E-state index in [2.05, 4.69) is 37.7 Å². The summed E-state index contributed by atoms with van der Waals surface area (Å²) in [7, 11) is 0. The second kappa shape index (κ2) is 4.35. The van der Waals surface area contributed by atoms with E-state index in [-0.39, 0.29) is 0 Å². The number of hydrogen-bond acceptors (Lipinski definition) is 4. The highest BCUT2D eigenvalue weighted by Crippen LogP contribution is 2.23. The van der Waals surface area contributed by atoms with E-state index in [9.17, 15) is 0 Å². The summed E-state index contributed by atoms with van der Waals surface area (Å²) < 4.78 is 0.622. The SMILES string of the molecule is CC1CCN(c2cnc(Br)c(N)n2)CC1. The fourth-order valence-electron chi connectivity index (χ4n) is 1.77. The van der Waals surface area contributed by atoms with Crippen LogP contribution in [0.3, 0.4) is 0 Å². The van der Waals surface area contributed by atoms with Crippen LogP contribution >= 0.6 is 15.9 Å². The summed E-state index contributed by atoms with van der Waals surface area (Å²) in [5.74, 6) is 2.18. The number of nitrogens with zero attached hydrogens (tertiary/aromatic N) is 3. The molecule has 15 heavy (non-hydrogen) atoms. The Labute approximate surface area is 98.0 Å². The number of piperidine rings is 1. The first kappa shape index (κ1) is 10.7. The van der Waals surface area contributed by atoms with E-state index in [0.717, 1.165) is 24.8 Å². The standard InChI is InChI=1S/C10H15BrN4/c1-7-2-4-15(5-3-7)8-6-13-9(11)10(12)14-8/h6-7H,2-5H2,1H3,(H2,12,14). The van der Waals surface area contributed by atoms with Crippen molar-refractivity contribution in [1.29, 1.82) is 0 Å². The molecule has 0 bridgehead atoms. The van der Waals surface area contributed by atoms with E-state index < -0.39 is 0 Å². The highest BCUT2D eigenvalue weighted by Gasteiger charge is 2.17. The zero-order valence-electron chi connectivity index (χ0n) is 8.78. The van der Waals surface area contributed by atoms with E-state index in [1.807, 2.05) is 0 Å². The van der Waals surface area contributed by atoms with Crippen molar-refractivity contribution in [2.45, 2.75) is 19.8 Å². The molecule has 0 spiro atoms. The van der Waals surface area contributed by atoms with Gasteiger partial charge in [0, 0.05) is 13.1 Å². The average molecular weight is 271 g/mol. The second-order valence-corrected chi connectivity index (χ2v) is 4.82. The number of halogens is 1. The van der Waals surface area contributed by atoms with Crippen LogP contribution in [0.2, 0.25) is 0 Å². The van der Waals surface area contributed by atoms with Gasteiger partial charge in [-0.2, -0.15) is 0 Å². The van der Waals surface area contributed by atoms with Crippen LogP contribution in [-0.4, -0.2) is 23.1 Å². The Hall–Kier alpha value is -0.840. The summed E-state index contributed by atoms with van der Waals surface area (Å²) >= 11 is 3.25. The van der Waals surface area contributed by atoms with Crippen molar-refractivity contribution in [2.24, 2.45) is 5.92 Å². The summed E-state index contributed by atoms with van der Waals surface area (Å²) in [5, 5.41) is 0. The molecule has 1 aliphatic rings. The Morgan fingerprint density at radius 2 is 2.13 bits per heavy atom. The van der Waals surface area contributed by atoms with Crippen LogP contribution in [0.15, 0.2) is 10.8 Å². The largest absolute Gasteiger partial charge is 0.381 e. The molecule has 0 aliphatic carbocycles. The molecule has 2 heterocycles. The normalized spacial score (nSPS) is 18.1. The fraction of sp³-hybridized carbons (Fsp3) is 0.600. The molecule has 0 saturated carbocycles. The highest BCUT2D eigenvalue weighted by atomic mass is 79.9. The number of rotatable bonds is 1. The first-order chi connectivity index (χ1) is 7.16. The molecule has 1 aromatic heterocycles. The molecule has 0 amide bonds. The predicted octanol–water partition coefficient (Wildman–Crippen LogP) is 2.06. The van der Waals surface area contributed by atoms with Crippen molar-refractivity contribution in [3.63, 3.8) is 0 Å². The topological polar surface area (TPSA) is 55.0 Å². The molecular weight excluding hydrogens is 256 g/mol. The molecule has 0 unspecified atom stereocenters. The fourth-order valence-corrected chi connectivity index (χ4v) is 1.96. The minimum atomic E-state index is 0.464. The zero-order chi connectivity index (χ0) is 10.8. The van der Waals surface area contributed by atoms with Gasteiger partial charge in [0.25, 0.3) is 0 Å². The summed E-state index contributed by atoms with van der Waals surface area (Å²) in [4.78, 5) is 10.7. The van der Waals surface area contributed by atoms with Gasteiger partial charge in [-0.1, -0.05) is 6.92 Å². The summed E-state index contributed by atoms with van der Waals surface area (Å²) in [6.45, 7) is 4.40. The van der Waals surface area contributed by atoms with E-state index in [0.29, 0.717) is 10.4 Å². The van der Waals surface area contributed by atoms with E-state index in [1.54, 1.807) is 6.20 Å². The van der Waals surface area contributed by atoms with Crippen LogP contribution in [0.1, 0.15) is 19.8 Å². The van der Waals surface area contributed by atoms with Gasteiger partial charge in [0.1, 0.15) is 10.4 Å². The maximum atomic E-state index is 5.71. The quantitative estimate of drug-likeness (QED) is 0.849. The molecule has 82 valence electrons. The Morgan fingerprint density at radius 1 is 1.47 bits per heavy atom. The Bertz CT molecular complexity index is 347. The second-order valence-electron chi connectivity index (χ2n) is 4.07. The third-order valence-corrected chi connectivity index (χ3v) is 3.46. The van der Waals surface area contributed by atoms with Crippen molar-refractivity contribution < 1.29 is 0 Å². The molecule has 1 aliphatic heterocycles. The lowest BCUT2D eigenvalue weighted by Gasteiger charge is -2.30. The minimum Gasteiger partial charge on any atom is -0.381 e. The minimum absolute atomic E-state index is 0.464. The van der Waals surface area contributed by atoms with Crippen molar-refractivity contribution in [1.82, 2.24) is 9.97 Å². The van der Waals surface area contributed by atoms with Gasteiger partial charge < -0.3 is 10.6 Å². The van der Waals surface area contributed by atoms with Gasteiger partial charge in [0.15, 0.2) is 5.82 Å². The van der Waals surface area contributed by atoms with Crippen molar-refractivity contribution >= 4 is 27.6 Å². The van der Waals surface area contributed by atoms with Crippen molar-refractivity contribution in [3.8, 4) is 0 Å². The smallest absolute Gasteiger partial charge is 0.159 e. The van der Waals surface area contributed by atoms with Crippen LogP contribution < -0.4 is 10.6 Å². The summed E-state index contributed by atoms with van der Waals surface area (Å²) in [6.07, 6.45) is 4.21. The summed E-state index contributed by atoms with van der Waals surface area (Å²) in [5.41, 5.74) is 5.71.